The van der Waals surface area contributed by atoms with E-state index in [-0.39, 0.29) is 12.1 Å². The van der Waals surface area contributed by atoms with Crippen LogP contribution in [0, 0.1) is 29.3 Å². The van der Waals surface area contributed by atoms with E-state index in [0.29, 0.717) is 10.4 Å². The van der Waals surface area contributed by atoms with Gasteiger partial charge < -0.3 is 9.84 Å². The number of carboxylic acid groups (broad SMARTS) is 1. The van der Waals surface area contributed by atoms with Gasteiger partial charge in [0.05, 0.1) is 0 Å². The molecule has 1 aromatic rings. The maximum atomic E-state index is 12.8. The fourth-order valence-corrected chi connectivity index (χ4v) is 1.98. The van der Waals surface area contributed by atoms with Gasteiger partial charge in [0.25, 0.3) is 0 Å². The van der Waals surface area contributed by atoms with Crippen LogP contribution in [-0.2, 0) is 10.8 Å². The van der Waals surface area contributed by atoms with Gasteiger partial charge >= 0.3 is 12.3 Å². The second-order valence-electron chi connectivity index (χ2n) is 4.94. The Hall–Kier alpha value is -1.54. The first-order valence-corrected chi connectivity index (χ1v) is 7.17. The molecule has 0 bridgehead atoms. The molecular formula is C14H11Cl2F5O3. The van der Waals surface area contributed by atoms with Crippen LogP contribution in [0.2, 0.25) is 0 Å². The summed E-state index contributed by atoms with van der Waals surface area (Å²) in [7, 11) is 0. The molecule has 1 aliphatic carbocycles. The van der Waals surface area contributed by atoms with Crippen molar-refractivity contribution in [3.63, 3.8) is 0 Å². The highest BCUT2D eigenvalue weighted by Crippen LogP contribution is 2.40. The van der Waals surface area contributed by atoms with E-state index in [1.54, 1.807) is 0 Å². The van der Waals surface area contributed by atoms with Gasteiger partial charge in [-0.3, -0.25) is 0 Å². The van der Waals surface area contributed by atoms with E-state index >= 15 is 0 Å². The fourth-order valence-electron chi connectivity index (χ4n) is 1.66. The van der Waals surface area contributed by atoms with Crippen molar-refractivity contribution in [3.8, 4) is 0 Å². The Morgan fingerprint density at radius 1 is 1.29 bits per heavy atom. The summed E-state index contributed by atoms with van der Waals surface area (Å²) in [6, 6.07) is 0.420. The molecule has 3 nitrogen and oxygen atoms in total. The summed E-state index contributed by atoms with van der Waals surface area (Å²) < 4.78 is 67.0. The molecule has 0 aromatic heterocycles. The third kappa shape index (κ3) is 5.83. The molecule has 1 fully saturated rings. The van der Waals surface area contributed by atoms with E-state index in [1.807, 2.05) is 6.08 Å². The molecule has 0 saturated heterocycles. The van der Waals surface area contributed by atoms with Crippen molar-refractivity contribution in [3.05, 3.63) is 45.7 Å². The van der Waals surface area contributed by atoms with Crippen LogP contribution in [0.5, 0.6) is 0 Å². The molecule has 10 heteroatoms. The lowest BCUT2D eigenvalue weighted by Gasteiger charge is -2.15. The average molecular weight is 393 g/mol. The van der Waals surface area contributed by atoms with Crippen molar-refractivity contribution < 1.29 is 36.6 Å². The summed E-state index contributed by atoms with van der Waals surface area (Å²) in [4.78, 5) is 9.86. The van der Waals surface area contributed by atoms with Gasteiger partial charge in [-0.05, 0) is 30.4 Å². The molecule has 1 saturated carbocycles. The molecule has 0 aliphatic heterocycles. The summed E-state index contributed by atoms with van der Waals surface area (Å²) in [5.41, 5.74) is -1.70. The Morgan fingerprint density at radius 3 is 2.21 bits per heavy atom. The topological polar surface area (TPSA) is 46.5 Å². The van der Waals surface area contributed by atoms with Crippen LogP contribution in [0.3, 0.4) is 0 Å². The van der Waals surface area contributed by atoms with Crippen LogP contribution >= 0.6 is 23.2 Å². The van der Waals surface area contributed by atoms with E-state index in [1.165, 1.54) is 6.42 Å². The van der Waals surface area contributed by atoms with Gasteiger partial charge in [0.1, 0.15) is 10.1 Å². The van der Waals surface area contributed by atoms with Crippen molar-refractivity contribution >= 4 is 29.4 Å². The smallest absolute Gasteiger partial charge is 0.450 e. The molecular weight excluding hydrogens is 382 g/mol. The van der Waals surface area contributed by atoms with Crippen molar-refractivity contribution in [2.75, 3.05) is 0 Å². The second-order valence-corrected chi connectivity index (χ2v) is 5.95. The molecule has 1 aromatic carbocycles. The number of hydrogen-bond donors (Lipinski definition) is 1. The lowest BCUT2D eigenvalue weighted by molar-refractivity contribution is -0.219. The minimum Gasteiger partial charge on any atom is -0.450 e. The van der Waals surface area contributed by atoms with Gasteiger partial charge in [-0.2, -0.15) is 8.78 Å². The minimum atomic E-state index is -4.59. The monoisotopic (exact) mass is 392 g/mol. The quantitative estimate of drug-likeness (QED) is 0.401. The summed E-state index contributed by atoms with van der Waals surface area (Å²) in [6.45, 7) is 2.19. The van der Waals surface area contributed by atoms with Crippen LogP contribution in [0.15, 0.2) is 22.7 Å². The van der Waals surface area contributed by atoms with Crippen molar-refractivity contribution in [1.29, 1.82) is 0 Å². The Balaban J connectivity index is 0.000000300. The first kappa shape index (κ1) is 20.5. The highest BCUT2D eigenvalue weighted by molar-refractivity contribution is 6.55. The number of benzene rings is 1. The standard InChI is InChI=1S/C8H3F5O3.C6H8Cl2/c9-4-2-1-3(5(10)6(4)11)8(12,13)16-7(14)15;1-4-2-5(4)3-6(7)8/h1-2H,(H,14,15);3-5H,2H2,1H3. The minimum absolute atomic E-state index is 0.191. The third-order valence-electron chi connectivity index (χ3n) is 3.08. The largest absolute Gasteiger partial charge is 0.510 e. The van der Waals surface area contributed by atoms with E-state index in [9.17, 15) is 26.7 Å². The number of hydrogen-bond acceptors (Lipinski definition) is 2. The third-order valence-corrected chi connectivity index (χ3v) is 3.33. The maximum Gasteiger partial charge on any atom is 0.510 e. The van der Waals surface area contributed by atoms with Crippen LogP contribution in [-0.4, -0.2) is 11.3 Å². The highest BCUT2D eigenvalue weighted by atomic mass is 35.5. The number of halogens is 7. The molecule has 2 unspecified atom stereocenters. The predicted octanol–water partition coefficient (Wildman–Crippen LogP) is 5.81. The van der Waals surface area contributed by atoms with Crippen LogP contribution in [0.25, 0.3) is 0 Å². The normalized spacial score (nSPS) is 19.0. The van der Waals surface area contributed by atoms with Crippen molar-refractivity contribution in [2.45, 2.75) is 19.5 Å². The molecule has 2 atom stereocenters. The maximum absolute atomic E-state index is 12.8. The number of carbonyl (C=O) groups is 1. The molecule has 1 N–H and O–H groups in total. The molecule has 2 rings (SSSR count). The van der Waals surface area contributed by atoms with E-state index < -0.39 is 35.3 Å². The van der Waals surface area contributed by atoms with Gasteiger partial charge in [0.15, 0.2) is 17.5 Å². The summed E-state index contributed by atoms with van der Waals surface area (Å²) >= 11 is 10.8. The van der Waals surface area contributed by atoms with Gasteiger partial charge in [0.2, 0.25) is 0 Å². The van der Waals surface area contributed by atoms with Crippen LogP contribution in [0.1, 0.15) is 18.9 Å². The molecule has 0 amide bonds. The lowest BCUT2D eigenvalue weighted by Crippen LogP contribution is -2.23. The predicted molar refractivity (Wildman–Crippen MR) is 76.4 cm³/mol. The Labute approximate surface area is 143 Å². The number of alkyl halides is 2. The van der Waals surface area contributed by atoms with Crippen molar-refractivity contribution in [2.24, 2.45) is 11.8 Å². The first-order valence-electron chi connectivity index (χ1n) is 6.42. The molecule has 1 aliphatic rings. The average Bonchev–Trinajstić information content (AvgIpc) is 3.09. The summed E-state index contributed by atoms with van der Waals surface area (Å²) in [6.07, 6.45) is -3.81. The zero-order chi connectivity index (χ0) is 18.7. The van der Waals surface area contributed by atoms with E-state index in [4.69, 9.17) is 28.3 Å². The van der Waals surface area contributed by atoms with Gasteiger partial charge in [-0.25, -0.2) is 18.0 Å². The van der Waals surface area contributed by atoms with Gasteiger partial charge in [-0.15, -0.1) is 0 Å². The first-order chi connectivity index (χ1) is 11.0. The summed E-state index contributed by atoms with van der Waals surface area (Å²) in [5, 5.41) is 7.93. The SMILES string of the molecule is CC1CC1C=C(Cl)Cl.O=C(O)OC(F)(F)c1ccc(F)c(F)c1F. The van der Waals surface area contributed by atoms with E-state index in [2.05, 4.69) is 11.7 Å². The Bertz CT molecular complexity index is 648. The highest BCUT2D eigenvalue weighted by Gasteiger charge is 2.41. The second kappa shape index (κ2) is 8.02. The van der Waals surface area contributed by atoms with Crippen LogP contribution in [0.4, 0.5) is 26.7 Å². The molecule has 134 valence electrons. The Kier molecular flexibility index (Phi) is 6.86. The summed E-state index contributed by atoms with van der Waals surface area (Å²) in [5.74, 6) is -4.53. The molecule has 0 heterocycles. The zero-order valence-electron chi connectivity index (χ0n) is 12.0. The fraction of sp³-hybridized carbons (Fsp3) is 0.357. The Morgan fingerprint density at radius 2 is 1.83 bits per heavy atom. The van der Waals surface area contributed by atoms with Gasteiger partial charge in [-0.1, -0.05) is 36.2 Å². The lowest BCUT2D eigenvalue weighted by atomic mass is 10.2. The van der Waals surface area contributed by atoms with Gasteiger partial charge in [0, 0.05) is 0 Å². The molecule has 0 radical (unpaired) electrons. The molecule has 0 spiro atoms. The van der Waals surface area contributed by atoms with Crippen molar-refractivity contribution in [1.82, 2.24) is 0 Å². The van der Waals surface area contributed by atoms with E-state index in [0.717, 1.165) is 5.92 Å². The zero-order valence-corrected chi connectivity index (χ0v) is 13.5. The number of ether oxygens (including phenoxy) is 1. The number of rotatable bonds is 3. The van der Waals surface area contributed by atoms with Crippen LogP contribution < -0.4 is 0 Å². The number of allylic oxidation sites excluding steroid dienone is 1. The molecule has 24 heavy (non-hydrogen) atoms.